The van der Waals surface area contributed by atoms with E-state index in [9.17, 15) is 34.2 Å². The number of carbonyl (C=O) groups is 5. The van der Waals surface area contributed by atoms with Crippen molar-refractivity contribution in [2.75, 3.05) is 13.1 Å². The zero-order chi connectivity index (χ0) is 28.1. The second kappa shape index (κ2) is 15.5. The zero-order valence-corrected chi connectivity index (χ0v) is 21.3. The fraction of sp³-hybridized carbons (Fsp3) is 0.560. The van der Waals surface area contributed by atoms with Crippen molar-refractivity contribution in [3.8, 4) is 5.75 Å². The van der Waals surface area contributed by atoms with Gasteiger partial charge in [-0.1, -0.05) is 12.1 Å². The number of rotatable bonds is 16. The molecule has 4 unspecified atom stereocenters. The summed E-state index contributed by atoms with van der Waals surface area (Å²) in [6.45, 7) is 1.04. The number of carbonyl (C=O) groups excluding carboxylic acids is 4. The van der Waals surface area contributed by atoms with Crippen LogP contribution in [0, 0.1) is 0 Å². The average molecular weight is 535 g/mol. The predicted molar refractivity (Wildman–Crippen MR) is 138 cm³/mol. The van der Waals surface area contributed by atoms with E-state index in [0.717, 1.165) is 6.42 Å². The minimum absolute atomic E-state index is 0.0223. The highest BCUT2D eigenvalue weighted by molar-refractivity contribution is 5.94. The number of phenols is 1. The summed E-state index contributed by atoms with van der Waals surface area (Å²) in [6.07, 6.45) is 2.40. The van der Waals surface area contributed by atoms with E-state index in [2.05, 4.69) is 21.3 Å². The van der Waals surface area contributed by atoms with E-state index < -0.39 is 53.8 Å². The van der Waals surface area contributed by atoms with Gasteiger partial charge in [-0.15, -0.1) is 0 Å². The van der Waals surface area contributed by atoms with Crippen molar-refractivity contribution < 1.29 is 34.2 Å². The third kappa shape index (κ3) is 10.3. The van der Waals surface area contributed by atoms with E-state index in [4.69, 9.17) is 11.5 Å². The SMILES string of the molecule is NCCCCC(NC(=O)C(CCC(N)=O)NC(=O)C1CCCN1)C(=O)NC(Cc1ccc(O)cc1)C(=O)O. The first-order valence-corrected chi connectivity index (χ1v) is 12.7. The quantitative estimate of drug-likeness (QED) is 0.117. The predicted octanol–water partition coefficient (Wildman–Crippen LogP) is -1.38. The number of aromatic hydroxyl groups is 1. The van der Waals surface area contributed by atoms with E-state index in [1.807, 2.05) is 0 Å². The number of primary amides is 1. The van der Waals surface area contributed by atoms with Crippen LogP contribution in [-0.2, 0) is 30.4 Å². The first-order valence-electron chi connectivity index (χ1n) is 12.7. The molecule has 1 heterocycles. The topological polar surface area (TPSA) is 226 Å². The molecule has 0 aromatic heterocycles. The Morgan fingerprint density at radius 1 is 0.947 bits per heavy atom. The van der Waals surface area contributed by atoms with Gasteiger partial charge in [0.15, 0.2) is 0 Å². The lowest BCUT2D eigenvalue weighted by molar-refractivity contribution is -0.142. The Morgan fingerprint density at radius 3 is 2.13 bits per heavy atom. The van der Waals surface area contributed by atoms with E-state index in [1.165, 1.54) is 12.1 Å². The van der Waals surface area contributed by atoms with E-state index >= 15 is 0 Å². The molecule has 210 valence electrons. The van der Waals surface area contributed by atoms with Gasteiger partial charge in [-0.25, -0.2) is 4.79 Å². The minimum Gasteiger partial charge on any atom is -0.508 e. The van der Waals surface area contributed by atoms with Crippen LogP contribution in [0.5, 0.6) is 5.75 Å². The lowest BCUT2D eigenvalue weighted by Crippen LogP contribution is -2.57. The summed E-state index contributed by atoms with van der Waals surface area (Å²) in [5, 5.41) is 29.8. The maximum atomic E-state index is 13.2. The monoisotopic (exact) mass is 534 g/mol. The fourth-order valence-corrected chi connectivity index (χ4v) is 4.11. The molecule has 4 amide bonds. The second-order valence-electron chi connectivity index (χ2n) is 9.33. The van der Waals surface area contributed by atoms with Gasteiger partial charge in [0.25, 0.3) is 0 Å². The molecule has 1 aliphatic heterocycles. The molecule has 0 bridgehead atoms. The van der Waals surface area contributed by atoms with E-state index in [0.29, 0.717) is 37.9 Å². The molecule has 4 atom stereocenters. The van der Waals surface area contributed by atoms with Gasteiger partial charge in [0.2, 0.25) is 23.6 Å². The highest BCUT2D eigenvalue weighted by atomic mass is 16.4. The Hall–Kier alpha value is -3.71. The first-order chi connectivity index (χ1) is 18.1. The Labute approximate surface area is 221 Å². The van der Waals surface area contributed by atoms with Crippen LogP contribution in [0.25, 0.3) is 0 Å². The number of nitrogens with one attached hydrogen (secondary N) is 4. The molecule has 2 rings (SSSR count). The second-order valence-corrected chi connectivity index (χ2v) is 9.33. The Morgan fingerprint density at radius 2 is 1.58 bits per heavy atom. The molecule has 1 aliphatic rings. The molecule has 0 aliphatic carbocycles. The van der Waals surface area contributed by atoms with Crippen LogP contribution in [0.3, 0.4) is 0 Å². The molecule has 1 aromatic carbocycles. The van der Waals surface area contributed by atoms with E-state index in [1.54, 1.807) is 12.1 Å². The Kier molecular flexibility index (Phi) is 12.5. The van der Waals surface area contributed by atoms with Crippen molar-refractivity contribution in [3.63, 3.8) is 0 Å². The highest BCUT2D eigenvalue weighted by Crippen LogP contribution is 2.12. The normalized spacial score (nSPS) is 17.1. The summed E-state index contributed by atoms with van der Waals surface area (Å²) < 4.78 is 0. The van der Waals surface area contributed by atoms with Gasteiger partial charge in [-0.3, -0.25) is 19.2 Å². The number of aliphatic carboxylic acids is 1. The van der Waals surface area contributed by atoms with Gasteiger partial charge in [-0.2, -0.15) is 0 Å². The highest BCUT2D eigenvalue weighted by Gasteiger charge is 2.31. The average Bonchev–Trinajstić information content (AvgIpc) is 3.41. The number of unbranched alkanes of at least 4 members (excludes halogenated alkanes) is 1. The van der Waals surface area contributed by atoms with Crippen molar-refractivity contribution in [1.82, 2.24) is 21.3 Å². The molecule has 0 radical (unpaired) electrons. The summed E-state index contributed by atoms with van der Waals surface area (Å²) >= 11 is 0. The Bertz CT molecular complexity index is 965. The van der Waals surface area contributed by atoms with E-state index in [-0.39, 0.29) is 31.4 Å². The zero-order valence-electron chi connectivity index (χ0n) is 21.3. The molecule has 1 saturated heterocycles. The number of nitrogens with two attached hydrogens (primary N) is 2. The lowest BCUT2D eigenvalue weighted by atomic mass is 10.0. The van der Waals surface area contributed by atoms with Gasteiger partial charge in [-0.05, 0) is 69.3 Å². The summed E-state index contributed by atoms with van der Waals surface area (Å²) in [5.74, 6) is -3.68. The lowest BCUT2D eigenvalue weighted by Gasteiger charge is -2.25. The van der Waals surface area contributed by atoms with Crippen LogP contribution >= 0.6 is 0 Å². The molecule has 38 heavy (non-hydrogen) atoms. The van der Waals surface area contributed by atoms with Crippen LogP contribution in [0.15, 0.2) is 24.3 Å². The van der Waals surface area contributed by atoms with Gasteiger partial charge < -0.3 is 42.9 Å². The molecular formula is C25H38N6O7. The molecule has 0 saturated carbocycles. The smallest absolute Gasteiger partial charge is 0.326 e. The number of carboxylic acids is 1. The summed E-state index contributed by atoms with van der Waals surface area (Å²) in [6, 6.07) is 1.94. The fourth-order valence-electron chi connectivity index (χ4n) is 4.11. The molecule has 1 aromatic rings. The number of carboxylic acid groups (broad SMARTS) is 1. The van der Waals surface area contributed by atoms with Crippen LogP contribution in [-0.4, -0.2) is 77.1 Å². The largest absolute Gasteiger partial charge is 0.508 e. The third-order valence-corrected chi connectivity index (χ3v) is 6.26. The summed E-state index contributed by atoms with van der Waals surface area (Å²) in [5.41, 5.74) is 11.4. The van der Waals surface area contributed by atoms with Gasteiger partial charge >= 0.3 is 5.97 Å². The van der Waals surface area contributed by atoms with Crippen molar-refractivity contribution in [2.45, 2.75) is 75.5 Å². The standard InChI is InChI=1S/C25H38N6O7/c26-12-2-1-4-18(23(35)31-20(25(37)38)14-15-6-8-16(32)9-7-15)29-24(36)19(10-11-21(27)33)30-22(34)17-5-3-13-28-17/h6-9,17-20,28,32H,1-5,10-14,26H2,(H2,27,33)(H,29,36)(H,30,34)(H,31,35)(H,37,38). The van der Waals surface area contributed by atoms with Crippen LogP contribution in [0.2, 0.25) is 0 Å². The van der Waals surface area contributed by atoms with Gasteiger partial charge in [0.1, 0.15) is 23.9 Å². The maximum Gasteiger partial charge on any atom is 0.326 e. The molecule has 13 nitrogen and oxygen atoms in total. The van der Waals surface area contributed by atoms with Crippen LogP contribution in [0.1, 0.15) is 50.5 Å². The molecule has 1 fully saturated rings. The Balaban J connectivity index is 2.13. The van der Waals surface area contributed by atoms with Crippen molar-refractivity contribution in [1.29, 1.82) is 0 Å². The molecule has 0 spiro atoms. The molecule has 13 heteroatoms. The van der Waals surface area contributed by atoms with Crippen molar-refractivity contribution >= 4 is 29.6 Å². The number of hydrogen-bond donors (Lipinski definition) is 8. The minimum atomic E-state index is -1.29. The maximum absolute atomic E-state index is 13.2. The number of amides is 4. The van der Waals surface area contributed by atoms with Crippen molar-refractivity contribution in [2.24, 2.45) is 11.5 Å². The summed E-state index contributed by atoms with van der Waals surface area (Å²) in [4.78, 5) is 62.1. The van der Waals surface area contributed by atoms with Crippen LogP contribution in [0.4, 0.5) is 0 Å². The third-order valence-electron chi connectivity index (χ3n) is 6.26. The van der Waals surface area contributed by atoms with Gasteiger partial charge in [0, 0.05) is 12.8 Å². The van der Waals surface area contributed by atoms with Crippen molar-refractivity contribution in [3.05, 3.63) is 29.8 Å². The number of hydrogen-bond acceptors (Lipinski definition) is 8. The van der Waals surface area contributed by atoms with Crippen LogP contribution < -0.4 is 32.7 Å². The van der Waals surface area contributed by atoms with Gasteiger partial charge in [0.05, 0.1) is 6.04 Å². The molecule has 10 N–H and O–H groups in total. The number of benzene rings is 1. The first kappa shape index (κ1) is 30.5. The number of phenolic OH excluding ortho intramolecular Hbond substituents is 1. The molecular weight excluding hydrogens is 496 g/mol. The summed E-state index contributed by atoms with van der Waals surface area (Å²) in [7, 11) is 0.